The third-order valence-corrected chi connectivity index (χ3v) is 5.86. The number of aromatic carboxylic acids is 1. The van der Waals surface area contributed by atoms with Crippen LogP contribution in [-0.2, 0) is 6.61 Å². The molecule has 0 amide bonds. The smallest absolute Gasteiger partial charge is 0.335 e. The lowest BCUT2D eigenvalue weighted by Crippen LogP contribution is -2.00. The summed E-state index contributed by atoms with van der Waals surface area (Å²) in [4.78, 5) is 18.6. The summed E-state index contributed by atoms with van der Waals surface area (Å²) < 4.78 is 7.34. The molecule has 32 heavy (non-hydrogen) atoms. The lowest BCUT2D eigenvalue weighted by Gasteiger charge is -2.12. The minimum atomic E-state index is -0.967. The number of para-hydroxylation sites is 2. The SMILES string of the molecule is N#C/C(=C\c1cc(Br)c(OCc2ccc(C(=O)O)cc2)c(Br)c1)c1nc2ccccc2[nH]1. The minimum absolute atomic E-state index is 0.227. The third-order valence-electron chi connectivity index (χ3n) is 4.68. The number of halogens is 2. The molecule has 4 aromatic rings. The molecule has 2 N–H and O–H groups in total. The molecular weight excluding hydrogens is 538 g/mol. The maximum Gasteiger partial charge on any atom is 0.335 e. The fourth-order valence-corrected chi connectivity index (χ4v) is 4.55. The zero-order chi connectivity index (χ0) is 22.7. The van der Waals surface area contributed by atoms with Crippen LogP contribution in [-0.4, -0.2) is 21.0 Å². The van der Waals surface area contributed by atoms with E-state index in [1.165, 1.54) is 0 Å². The van der Waals surface area contributed by atoms with E-state index in [1.807, 2.05) is 36.4 Å². The Hall–Kier alpha value is -3.41. The highest BCUT2D eigenvalue weighted by Crippen LogP contribution is 2.36. The molecule has 0 unspecified atom stereocenters. The molecule has 158 valence electrons. The largest absolute Gasteiger partial charge is 0.487 e. The number of nitriles is 1. The molecule has 0 bridgehead atoms. The fraction of sp³-hybridized carbons (Fsp3) is 0.0417. The standard InChI is InChI=1S/C24H15Br2N3O3/c25-18-10-15(9-17(12-27)23-28-20-3-1-2-4-21(20)29-23)11-19(26)22(18)32-13-14-5-7-16(8-6-14)24(30)31/h1-11H,13H2,(H,28,29)(H,30,31)/b17-9+. The number of carboxylic acids is 1. The van der Waals surface area contributed by atoms with Gasteiger partial charge in [0.15, 0.2) is 0 Å². The lowest BCUT2D eigenvalue weighted by atomic mass is 10.1. The number of aromatic amines is 1. The van der Waals surface area contributed by atoms with E-state index in [0.29, 0.717) is 26.1 Å². The van der Waals surface area contributed by atoms with Gasteiger partial charge in [0.05, 0.1) is 31.1 Å². The Morgan fingerprint density at radius 1 is 1.12 bits per heavy atom. The van der Waals surface area contributed by atoms with E-state index < -0.39 is 5.97 Å². The summed E-state index contributed by atoms with van der Waals surface area (Å²) in [6.45, 7) is 0.273. The van der Waals surface area contributed by atoms with Crippen LogP contribution in [0.2, 0.25) is 0 Å². The number of rotatable bonds is 6. The molecule has 0 aliphatic carbocycles. The molecule has 0 aliphatic rings. The van der Waals surface area contributed by atoms with Gasteiger partial charge < -0.3 is 14.8 Å². The molecular formula is C24H15Br2N3O3. The summed E-state index contributed by atoms with van der Waals surface area (Å²) >= 11 is 7.06. The number of aromatic nitrogens is 2. The molecule has 0 atom stereocenters. The summed E-state index contributed by atoms with van der Waals surface area (Å²) in [7, 11) is 0. The van der Waals surface area contributed by atoms with Crippen molar-refractivity contribution in [3.05, 3.63) is 92.1 Å². The maximum atomic E-state index is 11.0. The topological polar surface area (TPSA) is 99.0 Å². The Morgan fingerprint density at radius 3 is 2.44 bits per heavy atom. The first-order valence-corrected chi connectivity index (χ1v) is 11.0. The van der Waals surface area contributed by atoms with Gasteiger partial charge in [0, 0.05) is 0 Å². The summed E-state index contributed by atoms with van der Waals surface area (Å²) in [6.07, 6.45) is 1.75. The van der Waals surface area contributed by atoms with Crippen molar-refractivity contribution >= 4 is 60.5 Å². The maximum absolute atomic E-state index is 11.0. The number of hydrogen-bond acceptors (Lipinski definition) is 4. The Labute approximate surface area is 200 Å². The first kappa shape index (κ1) is 21.8. The average molecular weight is 553 g/mol. The van der Waals surface area contributed by atoms with E-state index in [1.54, 1.807) is 30.3 Å². The van der Waals surface area contributed by atoms with Crippen LogP contribution in [0, 0.1) is 11.3 Å². The van der Waals surface area contributed by atoms with Crippen molar-refractivity contribution in [1.82, 2.24) is 9.97 Å². The Morgan fingerprint density at radius 2 is 1.81 bits per heavy atom. The number of hydrogen-bond donors (Lipinski definition) is 2. The Bertz CT molecular complexity index is 1330. The van der Waals surface area contributed by atoms with Crippen LogP contribution < -0.4 is 4.74 Å². The number of allylic oxidation sites excluding steroid dienone is 1. The van der Waals surface area contributed by atoms with Crippen molar-refractivity contribution in [3.8, 4) is 11.8 Å². The van der Waals surface area contributed by atoms with Gasteiger partial charge in [0.2, 0.25) is 0 Å². The summed E-state index contributed by atoms with van der Waals surface area (Å²) in [5.74, 6) is 0.142. The number of fused-ring (bicyclic) bond motifs is 1. The van der Waals surface area contributed by atoms with Crippen molar-refractivity contribution in [2.75, 3.05) is 0 Å². The highest BCUT2D eigenvalue weighted by Gasteiger charge is 2.12. The molecule has 0 fully saturated rings. The number of carbonyl (C=O) groups is 1. The monoisotopic (exact) mass is 551 g/mol. The number of carboxylic acid groups (broad SMARTS) is 1. The van der Waals surface area contributed by atoms with Crippen LogP contribution in [0.5, 0.6) is 5.75 Å². The predicted octanol–water partition coefficient (Wildman–Crippen LogP) is 6.43. The molecule has 0 saturated heterocycles. The number of nitrogens with one attached hydrogen (secondary N) is 1. The first-order valence-electron chi connectivity index (χ1n) is 9.45. The normalized spacial score (nSPS) is 11.3. The van der Waals surface area contributed by atoms with Crippen molar-refractivity contribution < 1.29 is 14.6 Å². The van der Waals surface area contributed by atoms with Crippen LogP contribution in [0.25, 0.3) is 22.7 Å². The van der Waals surface area contributed by atoms with Crippen LogP contribution >= 0.6 is 31.9 Å². The van der Waals surface area contributed by atoms with Crippen molar-refractivity contribution in [2.24, 2.45) is 0 Å². The van der Waals surface area contributed by atoms with Gasteiger partial charge in [-0.15, -0.1) is 0 Å². The molecule has 0 radical (unpaired) electrons. The summed E-state index contributed by atoms with van der Waals surface area (Å²) in [6, 6.07) is 20.0. The number of benzene rings is 3. The molecule has 4 rings (SSSR count). The van der Waals surface area contributed by atoms with Gasteiger partial charge >= 0.3 is 5.97 Å². The van der Waals surface area contributed by atoms with E-state index in [0.717, 1.165) is 22.2 Å². The van der Waals surface area contributed by atoms with Crippen molar-refractivity contribution in [1.29, 1.82) is 5.26 Å². The van der Waals surface area contributed by atoms with E-state index in [4.69, 9.17) is 9.84 Å². The molecule has 6 nitrogen and oxygen atoms in total. The minimum Gasteiger partial charge on any atom is -0.487 e. The number of nitrogens with zero attached hydrogens (tertiary/aromatic N) is 2. The quantitative estimate of drug-likeness (QED) is 0.268. The lowest BCUT2D eigenvalue weighted by molar-refractivity contribution is 0.0697. The van der Waals surface area contributed by atoms with Gasteiger partial charge in [-0.3, -0.25) is 0 Å². The molecule has 3 aromatic carbocycles. The second-order valence-corrected chi connectivity index (χ2v) is 8.59. The first-order chi connectivity index (χ1) is 15.4. The van der Waals surface area contributed by atoms with Crippen LogP contribution in [0.1, 0.15) is 27.3 Å². The Kier molecular flexibility index (Phi) is 6.40. The highest BCUT2D eigenvalue weighted by atomic mass is 79.9. The van der Waals surface area contributed by atoms with Crippen molar-refractivity contribution in [3.63, 3.8) is 0 Å². The van der Waals surface area contributed by atoms with Gasteiger partial charge in [0.1, 0.15) is 24.3 Å². The van der Waals surface area contributed by atoms with Crippen LogP contribution in [0.4, 0.5) is 0 Å². The molecule has 0 spiro atoms. The highest BCUT2D eigenvalue weighted by molar-refractivity contribution is 9.11. The second-order valence-electron chi connectivity index (χ2n) is 6.88. The molecule has 1 aromatic heterocycles. The van der Waals surface area contributed by atoms with Gasteiger partial charge in [-0.1, -0.05) is 24.3 Å². The molecule has 8 heteroatoms. The molecule has 0 aliphatic heterocycles. The summed E-state index contributed by atoms with van der Waals surface area (Å²) in [5, 5.41) is 18.7. The van der Waals surface area contributed by atoms with Crippen LogP contribution in [0.3, 0.4) is 0 Å². The van der Waals surface area contributed by atoms with Gasteiger partial charge in [-0.2, -0.15) is 5.26 Å². The molecule has 0 saturated carbocycles. The van der Waals surface area contributed by atoms with Crippen molar-refractivity contribution in [2.45, 2.75) is 6.61 Å². The third kappa shape index (κ3) is 4.74. The van der Waals surface area contributed by atoms with Crippen LogP contribution in [0.15, 0.2) is 69.6 Å². The van der Waals surface area contributed by atoms with E-state index in [9.17, 15) is 10.1 Å². The number of ether oxygens (including phenoxy) is 1. The van der Waals surface area contributed by atoms with E-state index in [-0.39, 0.29) is 12.2 Å². The number of imidazole rings is 1. The van der Waals surface area contributed by atoms with E-state index in [2.05, 4.69) is 47.9 Å². The van der Waals surface area contributed by atoms with Gasteiger partial charge in [-0.25, -0.2) is 9.78 Å². The Balaban J connectivity index is 1.56. The summed E-state index contributed by atoms with van der Waals surface area (Å²) in [5.41, 5.74) is 3.93. The average Bonchev–Trinajstić information content (AvgIpc) is 3.21. The predicted molar refractivity (Wildman–Crippen MR) is 129 cm³/mol. The van der Waals surface area contributed by atoms with Gasteiger partial charge in [0.25, 0.3) is 0 Å². The second kappa shape index (κ2) is 9.39. The zero-order valence-electron chi connectivity index (χ0n) is 16.5. The number of H-pyrrole nitrogens is 1. The van der Waals surface area contributed by atoms with E-state index >= 15 is 0 Å². The van der Waals surface area contributed by atoms with Gasteiger partial charge in [-0.05, 0) is 85.5 Å². The zero-order valence-corrected chi connectivity index (χ0v) is 19.6. The fourth-order valence-electron chi connectivity index (χ4n) is 3.10. The molecule has 1 heterocycles.